The van der Waals surface area contributed by atoms with Gasteiger partial charge in [-0.25, -0.2) is 0 Å². The van der Waals surface area contributed by atoms with Gasteiger partial charge < -0.3 is 29.9 Å². The zero-order valence-electron chi connectivity index (χ0n) is 17.5. The van der Waals surface area contributed by atoms with Gasteiger partial charge in [0.1, 0.15) is 36.3 Å². The number of aliphatic hydroxyl groups excluding tert-OH is 4. The first-order valence-corrected chi connectivity index (χ1v) is 11.2. The van der Waals surface area contributed by atoms with Crippen molar-refractivity contribution in [3.05, 3.63) is 63.2 Å². The van der Waals surface area contributed by atoms with Crippen LogP contribution in [0, 0.1) is 0 Å². The molecule has 0 radical (unpaired) electrons. The molecule has 0 aromatic heterocycles. The van der Waals surface area contributed by atoms with E-state index in [2.05, 4.69) is 0 Å². The Morgan fingerprint density at radius 3 is 2.42 bits per heavy atom. The zero-order valence-corrected chi connectivity index (χ0v) is 18.3. The summed E-state index contributed by atoms with van der Waals surface area (Å²) in [5.74, 6) is 0.813. The van der Waals surface area contributed by atoms with E-state index in [-0.39, 0.29) is 0 Å². The van der Waals surface area contributed by atoms with Gasteiger partial charge in [0.15, 0.2) is 0 Å². The van der Waals surface area contributed by atoms with E-state index >= 15 is 0 Å². The van der Waals surface area contributed by atoms with E-state index in [1.807, 2.05) is 37.3 Å². The first-order chi connectivity index (χ1) is 14.9. The Bertz CT molecular complexity index is 913. The lowest BCUT2D eigenvalue weighted by Crippen LogP contribution is -2.55. The summed E-state index contributed by atoms with van der Waals surface area (Å²) in [6.45, 7) is 2.10. The molecular weight excluding hydrogens is 420 g/mol. The molecule has 0 unspecified atom stereocenters. The molecule has 1 aliphatic heterocycles. The van der Waals surface area contributed by atoms with Crippen molar-refractivity contribution in [1.29, 1.82) is 0 Å². The topological polar surface area (TPSA) is 99.4 Å². The van der Waals surface area contributed by atoms with Crippen molar-refractivity contribution in [2.24, 2.45) is 0 Å². The van der Waals surface area contributed by atoms with Crippen molar-refractivity contribution in [1.82, 2.24) is 0 Å². The molecule has 5 atom stereocenters. The Balaban J connectivity index is 1.70. The van der Waals surface area contributed by atoms with Gasteiger partial charge in [-0.3, -0.25) is 0 Å². The fraction of sp³-hybridized carbons (Fsp3) is 0.500. The van der Waals surface area contributed by atoms with Crippen LogP contribution in [0.2, 0.25) is 5.02 Å². The summed E-state index contributed by atoms with van der Waals surface area (Å²) in [6.07, 6.45) is -2.67. The van der Waals surface area contributed by atoms with Crippen LogP contribution in [-0.4, -0.2) is 58.1 Å². The number of benzene rings is 2. The zero-order chi connectivity index (χ0) is 22.1. The van der Waals surface area contributed by atoms with Crippen molar-refractivity contribution < 1.29 is 29.9 Å². The minimum Gasteiger partial charge on any atom is -0.494 e. The highest BCUT2D eigenvalue weighted by Gasteiger charge is 2.45. The van der Waals surface area contributed by atoms with Gasteiger partial charge in [-0.2, -0.15) is 0 Å². The molecule has 1 heterocycles. The minimum absolute atomic E-state index is 0.448. The van der Waals surface area contributed by atoms with Crippen molar-refractivity contribution in [3.8, 4) is 5.75 Å². The first kappa shape index (κ1) is 22.5. The smallest absolute Gasteiger partial charge is 0.119 e. The van der Waals surface area contributed by atoms with E-state index in [4.69, 9.17) is 21.1 Å². The van der Waals surface area contributed by atoms with Crippen LogP contribution in [0.1, 0.15) is 47.3 Å². The maximum absolute atomic E-state index is 10.7. The van der Waals surface area contributed by atoms with Gasteiger partial charge in [-0.15, -0.1) is 0 Å². The number of fused-ring (bicyclic) bond motifs is 1. The van der Waals surface area contributed by atoms with E-state index in [0.717, 1.165) is 57.9 Å². The van der Waals surface area contributed by atoms with Crippen LogP contribution in [0.25, 0.3) is 0 Å². The lowest BCUT2D eigenvalue weighted by atomic mass is 9.86. The second-order valence-corrected chi connectivity index (χ2v) is 8.63. The maximum atomic E-state index is 10.7. The molecule has 1 aliphatic carbocycles. The molecule has 168 valence electrons. The number of hydrogen-bond acceptors (Lipinski definition) is 6. The lowest BCUT2D eigenvalue weighted by molar-refractivity contribution is -0.231. The van der Waals surface area contributed by atoms with E-state index in [1.54, 1.807) is 0 Å². The van der Waals surface area contributed by atoms with Crippen molar-refractivity contribution >= 4 is 11.6 Å². The average molecular weight is 449 g/mol. The van der Waals surface area contributed by atoms with Crippen LogP contribution in [0.5, 0.6) is 5.75 Å². The molecule has 2 aromatic rings. The molecule has 6 nitrogen and oxygen atoms in total. The van der Waals surface area contributed by atoms with E-state index in [1.165, 1.54) is 0 Å². The summed E-state index contributed by atoms with van der Waals surface area (Å²) in [6, 6.07) is 9.80. The van der Waals surface area contributed by atoms with Crippen LogP contribution in [0.4, 0.5) is 0 Å². The third-order valence-electron chi connectivity index (χ3n) is 6.27. The summed E-state index contributed by atoms with van der Waals surface area (Å²) < 4.78 is 11.4. The number of ether oxygens (including phenoxy) is 2. The molecule has 2 aromatic carbocycles. The number of hydrogen-bond donors (Lipinski definition) is 4. The molecule has 1 fully saturated rings. The maximum Gasteiger partial charge on any atom is 0.119 e. The molecular formula is C24H29ClO6. The van der Waals surface area contributed by atoms with Gasteiger partial charge >= 0.3 is 0 Å². The molecule has 1 saturated heterocycles. The highest BCUT2D eigenvalue weighted by Crippen LogP contribution is 2.42. The Kier molecular flexibility index (Phi) is 6.86. The first-order valence-electron chi connectivity index (χ1n) is 10.8. The Hall–Kier alpha value is -1.67. The van der Waals surface area contributed by atoms with E-state index in [0.29, 0.717) is 13.0 Å². The number of aliphatic hydroxyl groups is 4. The van der Waals surface area contributed by atoms with Crippen molar-refractivity contribution in [2.75, 3.05) is 13.2 Å². The SMILES string of the molecule is CCOc1ccc(Cc2cc([C@H]3O[C@@H](CO)[C@H](O)[C@@H](O)[C@@H]3O)c3c(c2Cl)CCC3)cc1. The predicted molar refractivity (Wildman–Crippen MR) is 117 cm³/mol. The highest BCUT2D eigenvalue weighted by atomic mass is 35.5. The molecule has 7 heteroatoms. The van der Waals surface area contributed by atoms with Gasteiger partial charge in [0.2, 0.25) is 0 Å². The van der Waals surface area contributed by atoms with Crippen LogP contribution in [0.15, 0.2) is 30.3 Å². The fourth-order valence-electron chi connectivity index (χ4n) is 4.67. The summed E-state index contributed by atoms with van der Waals surface area (Å²) >= 11 is 6.78. The predicted octanol–water partition coefficient (Wildman–Crippen LogP) is 2.33. The van der Waals surface area contributed by atoms with Gasteiger partial charge in [0.05, 0.1) is 13.2 Å². The van der Waals surface area contributed by atoms with E-state index in [9.17, 15) is 20.4 Å². The van der Waals surface area contributed by atoms with Gasteiger partial charge in [-0.1, -0.05) is 29.8 Å². The molecule has 2 aliphatic rings. The van der Waals surface area contributed by atoms with Gasteiger partial charge in [0, 0.05) is 5.02 Å². The molecule has 0 saturated carbocycles. The van der Waals surface area contributed by atoms with E-state index < -0.39 is 37.1 Å². The summed E-state index contributed by atoms with van der Waals surface area (Å²) in [4.78, 5) is 0. The summed E-state index contributed by atoms with van der Waals surface area (Å²) in [7, 11) is 0. The quantitative estimate of drug-likeness (QED) is 0.541. The number of rotatable bonds is 6. The average Bonchev–Trinajstić information content (AvgIpc) is 3.27. The third kappa shape index (κ3) is 4.33. The second-order valence-electron chi connectivity index (χ2n) is 8.25. The van der Waals surface area contributed by atoms with Crippen LogP contribution in [-0.2, 0) is 24.0 Å². The van der Waals surface area contributed by atoms with Crippen LogP contribution < -0.4 is 4.74 Å². The van der Waals surface area contributed by atoms with Crippen LogP contribution in [0.3, 0.4) is 0 Å². The minimum atomic E-state index is -1.40. The normalized spacial score (nSPS) is 27.9. The second kappa shape index (κ2) is 9.45. The molecule has 0 spiro atoms. The highest BCUT2D eigenvalue weighted by molar-refractivity contribution is 6.32. The Morgan fingerprint density at radius 1 is 1.03 bits per heavy atom. The number of halogens is 1. The molecule has 0 bridgehead atoms. The third-order valence-corrected chi connectivity index (χ3v) is 6.74. The molecule has 31 heavy (non-hydrogen) atoms. The van der Waals surface area contributed by atoms with Crippen molar-refractivity contribution in [2.45, 2.75) is 63.1 Å². The Labute approximate surface area is 187 Å². The summed E-state index contributed by atoms with van der Waals surface area (Å²) in [5.41, 5.74) is 4.85. The Morgan fingerprint density at radius 2 is 1.74 bits per heavy atom. The largest absolute Gasteiger partial charge is 0.494 e. The van der Waals surface area contributed by atoms with Crippen molar-refractivity contribution in [3.63, 3.8) is 0 Å². The molecule has 0 amide bonds. The molecule has 4 rings (SSSR count). The van der Waals surface area contributed by atoms with Crippen LogP contribution >= 0.6 is 11.6 Å². The standard InChI is InChI=1S/C24H29ClO6/c1-2-30-15-8-6-13(7-9-15)10-14-11-18(16-4-3-5-17(16)20(14)25)24-23(29)22(28)21(27)19(12-26)31-24/h6-9,11,19,21-24,26-29H,2-5,10,12H2,1H3/t19-,21-,22+,23-,24+/m0/s1. The lowest BCUT2D eigenvalue weighted by Gasteiger charge is -2.41. The van der Waals surface area contributed by atoms with Gasteiger partial charge in [0.25, 0.3) is 0 Å². The fourth-order valence-corrected chi connectivity index (χ4v) is 5.00. The summed E-state index contributed by atoms with van der Waals surface area (Å²) in [5, 5.41) is 41.4. The monoisotopic (exact) mass is 448 g/mol. The van der Waals surface area contributed by atoms with Gasteiger partial charge in [-0.05, 0) is 72.6 Å². The molecule has 4 N–H and O–H groups in total.